The van der Waals surface area contributed by atoms with Crippen LogP contribution in [0.2, 0.25) is 0 Å². The van der Waals surface area contributed by atoms with E-state index in [9.17, 15) is 5.11 Å². The molecule has 0 aliphatic heterocycles. The Kier molecular flexibility index (Phi) is 6.02. The van der Waals surface area contributed by atoms with Gasteiger partial charge in [0.25, 0.3) is 0 Å². The molecule has 0 fully saturated rings. The van der Waals surface area contributed by atoms with E-state index in [4.69, 9.17) is 0 Å². The molecule has 0 spiro atoms. The molecule has 0 aliphatic rings. The molecule has 108 valence electrons. The molecule has 1 rings (SSSR count). The zero-order chi connectivity index (χ0) is 14.4. The molecule has 1 heterocycles. The van der Waals surface area contributed by atoms with Gasteiger partial charge in [-0.1, -0.05) is 6.92 Å². The number of hydrogen-bond donors (Lipinski definition) is 2. The van der Waals surface area contributed by atoms with Crippen LogP contribution in [0.5, 0.6) is 0 Å². The average molecular weight is 266 g/mol. The third kappa shape index (κ3) is 4.35. The minimum absolute atomic E-state index is 0.288. The standard InChI is InChI=1S/C14H26N4O/c1-6-12-16-13(15-7-2)11(4)14(17-12)18(5)9-8-10(3)19/h10,19H,6-9H2,1-5H3,(H,15,16,17). The number of nitrogens with zero attached hydrogens (tertiary/aromatic N) is 3. The van der Waals surface area contributed by atoms with Crippen molar-refractivity contribution >= 4 is 11.6 Å². The SMILES string of the molecule is CCNc1nc(CC)nc(N(C)CCC(C)O)c1C. The predicted molar refractivity (Wildman–Crippen MR) is 79.9 cm³/mol. The van der Waals surface area contributed by atoms with Crippen molar-refractivity contribution in [2.24, 2.45) is 0 Å². The first-order valence-electron chi connectivity index (χ1n) is 7.00. The van der Waals surface area contributed by atoms with Crippen LogP contribution in [0.15, 0.2) is 0 Å². The van der Waals surface area contributed by atoms with Crippen molar-refractivity contribution in [2.45, 2.75) is 46.6 Å². The van der Waals surface area contributed by atoms with E-state index in [-0.39, 0.29) is 6.10 Å². The summed E-state index contributed by atoms with van der Waals surface area (Å²) in [5, 5.41) is 12.7. The van der Waals surface area contributed by atoms with Crippen molar-refractivity contribution < 1.29 is 5.11 Å². The topological polar surface area (TPSA) is 61.3 Å². The van der Waals surface area contributed by atoms with Gasteiger partial charge in [0.15, 0.2) is 0 Å². The second kappa shape index (κ2) is 7.28. The molecule has 1 aromatic rings. The molecular formula is C14H26N4O. The van der Waals surface area contributed by atoms with Gasteiger partial charge < -0.3 is 15.3 Å². The number of aliphatic hydroxyl groups is 1. The van der Waals surface area contributed by atoms with Crippen molar-refractivity contribution in [3.8, 4) is 0 Å². The number of hydrogen-bond acceptors (Lipinski definition) is 5. The first-order valence-corrected chi connectivity index (χ1v) is 7.00. The smallest absolute Gasteiger partial charge is 0.137 e. The van der Waals surface area contributed by atoms with Crippen LogP contribution in [0.3, 0.4) is 0 Å². The highest BCUT2D eigenvalue weighted by molar-refractivity contribution is 5.58. The molecule has 1 atom stereocenters. The summed E-state index contributed by atoms with van der Waals surface area (Å²) >= 11 is 0. The molecule has 5 nitrogen and oxygen atoms in total. The van der Waals surface area contributed by atoms with Gasteiger partial charge in [-0.2, -0.15) is 0 Å². The largest absolute Gasteiger partial charge is 0.393 e. The maximum atomic E-state index is 9.39. The van der Waals surface area contributed by atoms with Crippen LogP contribution in [0.4, 0.5) is 11.6 Å². The van der Waals surface area contributed by atoms with Gasteiger partial charge >= 0.3 is 0 Å². The van der Waals surface area contributed by atoms with E-state index < -0.39 is 0 Å². The summed E-state index contributed by atoms with van der Waals surface area (Å²) in [4.78, 5) is 11.2. The Morgan fingerprint density at radius 1 is 1.32 bits per heavy atom. The number of aliphatic hydroxyl groups excluding tert-OH is 1. The molecule has 1 unspecified atom stereocenters. The van der Waals surface area contributed by atoms with Gasteiger partial charge in [-0.15, -0.1) is 0 Å². The third-order valence-corrected chi connectivity index (χ3v) is 3.07. The van der Waals surface area contributed by atoms with Crippen molar-refractivity contribution in [1.82, 2.24) is 9.97 Å². The molecule has 0 radical (unpaired) electrons. The van der Waals surface area contributed by atoms with Crippen LogP contribution >= 0.6 is 0 Å². The first kappa shape index (κ1) is 15.7. The maximum Gasteiger partial charge on any atom is 0.137 e. The van der Waals surface area contributed by atoms with Crippen molar-refractivity contribution in [3.05, 3.63) is 11.4 Å². The Hall–Kier alpha value is -1.36. The summed E-state index contributed by atoms with van der Waals surface area (Å²) in [6, 6.07) is 0. The molecule has 19 heavy (non-hydrogen) atoms. The van der Waals surface area contributed by atoms with Crippen LogP contribution in [0.1, 0.15) is 38.6 Å². The van der Waals surface area contributed by atoms with Gasteiger partial charge in [-0.3, -0.25) is 0 Å². The summed E-state index contributed by atoms with van der Waals surface area (Å²) < 4.78 is 0. The zero-order valence-corrected chi connectivity index (χ0v) is 12.7. The van der Waals surface area contributed by atoms with Gasteiger partial charge in [0.05, 0.1) is 6.10 Å². The van der Waals surface area contributed by atoms with Gasteiger partial charge in [0.2, 0.25) is 0 Å². The Labute approximate surface area is 116 Å². The number of aryl methyl sites for hydroxylation is 1. The van der Waals surface area contributed by atoms with E-state index in [0.717, 1.165) is 49.0 Å². The summed E-state index contributed by atoms with van der Waals surface area (Å²) in [7, 11) is 2.01. The van der Waals surface area contributed by atoms with Gasteiger partial charge in [-0.25, -0.2) is 9.97 Å². The normalized spacial score (nSPS) is 12.3. The highest BCUT2D eigenvalue weighted by Gasteiger charge is 2.13. The highest BCUT2D eigenvalue weighted by atomic mass is 16.3. The lowest BCUT2D eigenvalue weighted by atomic mass is 10.2. The van der Waals surface area contributed by atoms with Gasteiger partial charge in [0.1, 0.15) is 17.5 Å². The average Bonchev–Trinajstić information content (AvgIpc) is 2.38. The molecule has 0 saturated heterocycles. The van der Waals surface area contributed by atoms with E-state index in [1.54, 1.807) is 0 Å². The van der Waals surface area contributed by atoms with Gasteiger partial charge in [-0.05, 0) is 27.2 Å². The molecule has 0 amide bonds. The quantitative estimate of drug-likeness (QED) is 0.790. The lowest BCUT2D eigenvalue weighted by Gasteiger charge is -2.23. The molecule has 5 heteroatoms. The van der Waals surface area contributed by atoms with Crippen molar-refractivity contribution in [2.75, 3.05) is 30.4 Å². The van der Waals surface area contributed by atoms with E-state index in [2.05, 4.69) is 34.0 Å². The van der Waals surface area contributed by atoms with Crippen molar-refractivity contribution in [3.63, 3.8) is 0 Å². The van der Waals surface area contributed by atoms with Crippen LogP contribution in [0, 0.1) is 6.92 Å². The Balaban J connectivity index is 3.00. The molecule has 0 aromatic carbocycles. The van der Waals surface area contributed by atoms with Crippen molar-refractivity contribution in [1.29, 1.82) is 0 Å². The number of nitrogens with one attached hydrogen (secondary N) is 1. The van der Waals surface area contributed by atoms with E-state index in [1.807, 2.05) is 20.9 Å². The number of rotatable bonds is 7. The summed E-state index contributed by atoms with van der Waals surface area (Å²) in [6.45, 7) is 9.58. The fraction of sp³-hybridized carbons (Fsp3) is 0.714. The second-order valence-corrected chi connectivity index (χ2v) is 4.88. The fourth-order valence-electron chi connectivity index (χ4n) is 1.91. The van der Waals surface area contributed by atoms with Crippen LogP contribution in [-0.2, 0) is 6.42 Å². The van der Waals surface area contributed by atoms with E-state index in [1.165, 1.54) is 0 Å². The monoisotopic (exact) mass is 266 g/mol. The molecule has 0 bridgehead atoms. The lowest BCUT2D eigenvalue weighted by Crippen LogP contribution is -2.25. The molecular weight excluding hydrogens is 240 g/mol. The second-order valence-electron chi connectivity index (χ2n) is 4.88. The van der Waals surface area contributed by atoms with E-state index in [0.29, 0.717) is 0 Å². The molecule has 2 N–H and O–H groups in total. The Morgan fingerprint density at radius 2 is 2.00 bits per heavy atom. The van der Waals surface area contributed by atoms with Crippen LogP contribution in [-0.4, -0.2) is 41.3 Å². The number of anilines is 2. The molecule has 0 saturated carbocycles. The minimum atomic E-state index is -0.288. The highest BCUT2D eigenvalue weighted by Crippen LogP contribution is 2.23. The predicted octanol–water partition coefficient (Wildman–Crippen LogP) is 1.99. The first-order chi connectivity index (χ1) is 8.99. The Morgan fingerprint density at radius 3 is 2.53 bits per heavy atom. The number of aromatic nitrogens is 2. The Bertz CT molecular complexity index is 407. The summed E-state index contributed by atoms with van der Waals surface area (Å²) in [5.41, 5.74) is 1.06. The molecule has 0 aliphatic carbocycles. The van der Waals surface area contributed by atoms with Gasteiger partial charge in [0, 0.05) is 32.1 Å². The summed E-state index contributed by atoms with van der Waals surface area (Å²) in [5.74, 6) is 2.71. The van der Waals surface area contributed by atoms with Crippen LogP contribution < -0.4 is 10.2 Å². The zero-order valence-electron chi connectivity index (χ0n) is 12.7. The van der Waals surface area contributed by atoms with Crippen LogP contribution in [0.25, 0.3) is 0 Å². The maximum absolute atomic E-state index is 9.39. The third-order valence-electron chi connectivity index (χ3n) is 3.07. The van der Waals surface area contributed by atoms with E-state index >= 15 is 0 Å². The fourth-order valence-corrected chi connectivity index (χ4v) is 1.91. The minimum Gasteiger partial charge on any atom is -0.393 e. The summed E-state index contributed by atoms with van der Waals surface area (Å²) in [6.07, 6.45) is 1.26. The molecule has 1 aromatic heterocycles. The lowest BCUT2D eigenvalue weighted by molar-refractivity contribution is 0.187.